The van der Waals surface area contributed by atoms with E-state index in [-0.39, 0.29) is 18.0 Å². The average molecular weight is 564 g/mol. The zero-order valence-electron chi connectivity index (χ0n) is 19.7. The third-order valence-corrected chi connectivity index (χ3v) is 5.71. The number of amides is 1. The molecule has 1 N–H and O–H groups in total. The van der Waals surface area contributed by atoms with E-state index in [1.165, 1.54) is 25.5 Å². The van der Waals surface area contributed by atoms with Crippen LogP contribution in [0.5, 0.6) is 11.5 Å². The highest BCUT2D eigenvalue weighted by Gasteiger charge is 2.10. The van der Waals surface area contributed by atoms with Crippen molar-refractivity contribution in [2.24, 2.45) is 5.10 Å². The lowest BCUT2D eigenvalue weighted by Crippen LogP contribution is -2.18. The van der Waals surface area contributed by atoms with Crippen molar-refractivity contribution in [3.8, 4) is 11.5 Å². The van der Waals surface area contributed by atoms with E-state index in [9.17, 15) is 14.9 Å². The van der Waals surface area contributed by atoms with E-state index in [0.717, 1.165) is 15.6 Å². The summed E-state index contributed by atoms with van der Waals surface area (Å²) in [7, 11) is 1.53. The topological polar surface area (TPSA) is 121 Å². The van der Waals surface area contributed by atoms with Gasteiger partial charge in [-0.05, 0) is 65.2 Å². The number of hydrazone groups is 1. The normalized spacial score (nSPS) is 10.9. The highest BCUT2D eigenvalue weighted by molar-refractivity contribution is 9.10. The molecule has 0 aliphatic carbocycles. The molecule has 0 aliphatic heterocycles. The van der Waals surface area contributed by atoms with Crippen LogP contribution in [-0.4, -0.2) is 33.9 Å². The van der Waals surface area contributed by atoms with Crippen molar-refractivity contribution in [1.82, 2.24) is 15.2 Å². The Balaban J connectivity index is 1.36. The first-order valence-electron chi connectivity index (χ1n) is 11.1. The molecule has 10 nitrogen and oxygen atoms in total. The molecule has 1 heterocycles. The minimum absolute atomic E-state index is 0.0118. The molecule has 0 spiro atoms. The summed E-state index contributed by atoms with van der Waals surface area (Å²) in [6, 6.07) is 20.8. The predicted molar refractivity (Wildman–Crippen MR) is 141 cm³/mol. The summed E-state index contributed by atoms with van der Waals surface area (Å²) < 4.78 is 13.9. The van der Waals surface area contributed by atoms with Crippen LogP contribution in [0.1, 0.15) is 27.2 Å². The maximum Gasteiger partial charge on any atom is 0.291 e. The Bertz CT molecular complexity index is 1440. The fourth-order valence-electron chi connectivity index (χ4n) is 3.38. The molecule has 0 bridgehead atoms. The number of hydrogen-bond donors (Lipinski definition) is 1. The molecule has 11 heteroatoms. The molecular formula is C26H22BrN5O5. The molecule has 0 aliphatic rings. The van der Waals surface area contributed by atoms with Gasteiger partial charge in [-0.3, -0.25) is 19.6 Å². The van der Waals surface area contributed by atoms with Gasteiger partial charge in [-0.15, -0.1) is 0 Å². The maximum absolute atomic E-state index is 12.5. The maximum atomic E-state index is 12.5. The molecular weight excluding hydrogens is 542 g/mol. The summed E-state index contributed by atoms with van der Waals surface area (Å²) in [5, 5.41) is 19.1. The van der Waals surface area contributed by atoms with Crippen LogP contribution >= 0.6 is 15.9 Å². The van der Waals surface area contributed by atoms with E-state index in [1.807, 2.05) is 24.3 Å². The van der Waals surface area contributed by atoms with Gasteiger partial charge in [0, 0.05) is 22.8 Å². The Morgan fingerprint density at radius 2 is 1.92 bits per heavy atom. The highest BCUT2D eigenvalue weighted by Crippen LogP contribution is 2.28. The Hall–Kier alpha value is -4.51. The zero-order chi connectivity index (χ0) is 26.2. The molecule has 4 aromatic rings. The number of rotatable bonds is 10. The second kappa shape index (κ2) is 12.0. The number of halogens is 1. The lowest BCUT2D eigenvalue weighted by atomic mass is 10.2. The van der Waals surface area contributed by atoms with E-state index >= 15 is 0 Å². The zero-order valence-corrected chi connectivity index (χ0v) is 21.3. The smallest absolute Gasteiger partial charge is 0.291 e. The standard InChI is InChI=1S/C26H22BrN5O5/c1-36-24-10-7-19(14-25(24)37-17-18-5-8-22(9-6-18)32(34)35)15-28-29-26(33)23-11-12-31(30-23)16-20-3-2-4-21(27)13-20/h2-15H,16-17H2,1H3,(H,29,33)/b28-15+. The molecule has 1 aromatic heterocycles. The van der Waals surface area contributed by atoms with Crippen molar-refractivity contribution < 1.29 is 19.2 Å². The Kier molecular flexibility index (Phi) is 8.26. The molecule has 0 fully saturated rings. The number of carbonyl (C=O) groups excluding carboxylic acids is 1. The first-order chi connectivity index (χ1) is 17.9. The highest BCUT2D eigenvalue weighted by atomic mass is 79.9. The van der Waals surface area contributed by atoms with Gasteiger partial charge in [0.15, 0.2) is 17.2 Å². The van der Waals surface area contributed by atoms with Crippen molar-refractivity contribution in [2.45, 2.75) is 13.2 Å². The fraction of sp³-hybridized carbons (Fsp3) is 0.115. The van der Waals surface area contributed by atoms with Crippen LogP contribution in [0.2, 0.25) is 0 Å². The monoisotopic (exact) mass is 563 g/mol. The SMILES string of the molecule is COc1ccc(/C=N/NC(=O)c2ccn(Cc3cccc(Br)c3)n2)cc1OCc1ccc([N+](=O)[O-])cc1. The van der Waals surface area contributed by atoms with Crippen LogP contribution in [-0.2, 0) is 13.2 Å². The number of aromatic nitrogens is 2. The van der Waals surface area contributed by atoms with Crippen molar-refractivity contribution in [3.63, 3.8) is 0 Å². The summed E-state index contributed by atoms with van der Waals surface area (Å²) in [5.74, 6) is 0.536. The van der Waals surface area contributed by atoms with Gasteiger partial charge in [-0.25, -0.2) is 5.43 Å². The number of nitrogens with zero attached hydrogens (tertiary/aromatic N) is 4. The Morgan fingerprint density at radius 1 is 1.11 bits per heavy atom. The number of methoxy groups -OCH3 is 1. The number of ether oxygens (including phenoxy) is 2. The summed E-state index contributed by atoms with van der Waals surface area (Å²) in [6.45, 7) is 0.721. The largest absolute Gasteiger partial charge is 0.493 e. The first kappa shape index (κ1) is 25.6. The molecule has 188 valence electrons. The van der Waals surface area contributed by atoms with E-state index in [2.05, 4.69) is 31.6 Å². The molecule has 3 aromatic carbocycles. The van der Waals surface area contributed by atoms with Crippen LogP contribution in [0.25, 0.3) is 0 Å². The van der Waals surface area contributed by atoms with E-state index < -0.39 is 10.8 Å². The average Bonchev–Trinajstić information content (AvgIpc) is 3.36. The van der Waals surface area contributed by atoms with Crippen molar-refractivity contribution >= 4 is 33.7 Å². The summed E-state index contributed by atoms with van der Waals surface area (Å²) in [4.78, 5) is 22.8. The molecule has 0 saturated carbocycles. The molecule has 1 amide bonds. The third-order valence-electron chi connectivity index (χ3n) is 5.22. The number of nitro benzene ring substituents is 1. The Labute approximate surface area is 220 Å². The van der Waals surface area contributed by atoms with Gasteiger partial charge in [-0.1, -0.05) is 28.1 Å². The van der Waals surface area contributed by atoms with Gasteiger partial charge < -0.3 is 9.47 Å². The Morgan fingerprint density at radius 3 is 2.65 bits per heavy atom. The van der Waals surface area contributed by atoms with Crippen LogP contribution in [0.4, 0.5) is 5.69 Å². The van der Waals surface area contributed by atoms with E-state index in [1.54, 1.807) is 47.3 Å². The first-order valence-corrected chi connectivity index (χ1v) is 11.9. The summed E-state index contributed by atoms with van der Waals surface area (Å²) in [6.07, 6.45) is 3.21. The van der Waals surface area contributed by atoms with Gasteiger partial charge in [0.2, 0.25) is 0 Å². The van der Waals surface area contributed by atoms with Crippen molar-refractivity contribution in [3.05, 3.63) is 116 Å². The lowest BCUT2D eigenvalue weighted by molar-refractivity contribution is -0.384. The van der Waals surface area contributed by atoms with Crippen LogP contribution in [0.3, 0.4) is 0 Å². The number of carbonyl (C=O) groups is 1. The second-order valence-electron chi connectivity index (χ2n) is 7.85. The number of non-ortho nitro benzene ring substituents is 1. The van der Waals surface area contributed by atoms with Gasteiger partial charge in [-0.2, -0.15) is 10.2 Å². The quantitative estimate of drug-likeness (QED) is 0.165. The predicted octanol–water partition coefficient (Wildman–Crippen LogP) is 4.95. The summed E-state index contributed by atoms with van der Waals surface area (Å²) >= 11 is 3.45. The van der Waals surface area contributed by atoms with Crippen LogP contribution < -0.4 is 14.9 Å². The van der Waals surface area contributed by atoms with Crippen molar-refractivity contribution in [1.29, 1.82) is 0 Å². The molecule has 0 saturated heterocycles. The second-order valence-corrected chi connectivity index (χ2v) is 8.77. The lowest BCUT2D eigenvalue weighted by Gasteiger charge is -2.11. The van der Waals surface area contributed by atoms with Gasteiger partial charge in [0.25, 0.3) is 11.6 Å². The minimum atomic E-state index is -0.454. The molecule has 0 unspecified atom stereocenters. The number of nitro groups is 1. The molecule has 4 rings (SSSR count). The molecule has 37 heavy (non-hydrogen) atoms. The van der Waals surface area contributed by atoms with Crippen molar-refractivity contribution in [2.75, 3.05) is 7.11 Å². The number of hydrogen-bond acceptors (Lipinski definition) is 7. The van der Waals surface area contributed by atoms with Gasteiger partial charge in [0.1, 0.15) is 6.61 Å². The molecule has 0 atom stereocenters. The minimum Gasteiger partial charge on any atom is -0.493 e. The number of nitrogens with one attached hydrogen (secondary N) is 1. The van der Waals surface area contributed by atoms with E-state index in [4.69, 9.17) is 9.47 Å². The fourth-order valence-corrected chi connectivity index (χ4v) is 3.82. The third kappa shape index (κ3) is 7.01. The van der Waals surface area contributed by atoms with Crippen LogP contribution in [0.15, 0.2) is 88.6 Å². The van der Waals surface area contributed by atoms with Gasteiger partial charge in [0.05, 0.1) is 24.8 Å². The van der Waals surface area contributed by atoms with E-state index in [0.29, 0.717) is 23.6 Å². The van der Waals surface area contributed by atoms with Crippen LogP contribution in [0, 0.1) is 10.1 Å². The summed E-state index contributed by atoms with van der Waals surface area (Å²) in [5.41, 5.74) is 5.21. The number of benzene rings is 3. The van der Waals surface area contributed by atoms with Gasteiger partial charge >= 0.3 is 0 Å². The molecule has 0 radical (unpaired) electrons.